The fraction of sp³-hybridized carbons (Fsp3) is 0.368. The van der Waals surface area contributed by atoms with E-state index in [1.807, 2.05) is 31.3 Å². The Morgan fingerprint density at radius 1 is 1.25 bits per heavy atom. The third-order valence-electron chi connectivity index (χ3n) is 4.30. The number of hydrogen-bond acceptors (Lipinski definition) is 5. The van der Waals surface area contributed by atoms with Gasteiger partial charge in [-0.05, 0) is 37.6 Å². The van der Waals surface area contributed by atoms with Gasteiger partial charge in [-0.15, -0.1) is 0 Å². The van der Waals surface area contributed by atoms with E-state index in [9.17, 15) is 0 Å². The zero-order valence-electron chi connectivity index (χ0n) is 14.5. The molecule has 2 aromatic heterocycles. The zero-order valence-corrected chi connectivity index (χ0v) is 14.5. The van der Waals surface area contributed by atoms with E-state index in [1.54, 1.807) is 0 Å². The molecule has 3 heterocycles. The van der Waals surface area contributed by atoms with E-state index in [1.165, 1.54) is 0 Å². The van der Waals surface area contributed by atoms with Crippen molar-refractivity contribution in [3.05, 3.63) is 60.3 Å². The van der Waals surface area contributed by atoms with Crippen LogP contribution >= 0.6 is 0 Å². The van der Waals surface area contributed by atoms with Crippen molar-refractivity contribution in [3.8, 4) is 0 Å². The van der Waals surface area contributed by atoms with Crippen LogP contribution < -0.4 is 15.1 Å². The Labute approximate surface area is 144 Å². The zero-order chi connectivity index (χ0) is 16.9. The molecule has 0 aromatic carbocycles. The number of rotatable bonds is 5. The van der Waals surface area contributed by atoms with Crippen LogP contribution in [0.25, 0.3) is 0 Å². The molecule has 0 aliphatic carbocycles. The van der Waals surface area contributed by atoms with Crippen LogP contribution in [0.5, 0.6) is 0 Å². The summed E-state index contributed by atoms with van der Waals surface area (Å²) in [5.41, 5.74) is 3.27. The molecular weight excluding hydrogens is 298 g/mol. The first-order chi connectivity index (χ1) is 11.6. The lowest BCUT2D eigenvalue weighted by molar-refractivity contribution is 0.707. The third-order valence-corrected chi connectivity index (χ3v) is 4.30. The minimum atomic E-state index is 0.809. The standard InChI is InChI=1S/C19H25N5/c1-15-8-9-18-19(22-15)24(14-6-13-23(18)3)16(2)20-12-10-17-7-4-5-11-21-17/h4-5,7-9,11,20H,2,6,10,12-14H2,1,3H3. The van der Waals surface area contributed by atoms with Gasteiger partial charge in [-0.1, -0.05) is 12.6 Å². The molecule has 0 bridgehead atoms. The van der Waals surface area contributed by atoms with Gasteiger partial charge < -0.3 is 15.1 Å². The Bertz CT molecular complexity index is 698. The topological polar surface area (TPSA) is 44.3 Å². The van der Waals surface area contributed by atoms with E-state index in [0.717, 1.165) is 61.2 Å². The Balaban J connectivity index is 1.70. The summed E-state index contributed by atoms with van der Waals surface area (Å²) < 4.78 is 0. The van der Waals surface area contributed by atoms with Gasteiger partial charge in [-0.3, -0.25) is 4.98 Å². The lowest BCUT2D eigenvalue weighted by Gasteiger charge is -2.27. The molecule has 0 radical (unpaired) electrons. The highest BCUT2D eigenvalue weighted by atomic mass is 15.3. The number of aryl methyl sites for hydroxylation is 1. The van der Waals surface area contributed by atoms with Gasteiger partial charge in [0.15, 0.2) is 5.82 Å². The van der Waals surface area contributed by atoms with Gasteiger partial charge in [-0.2, -0.15) is 0 Å². The molecular formula is C19H25N5. The number of hydrogen-bond donors (Lipinski definition) is 1. The van der Waals surface area contributed by atoms with E-state index >= 15 is 0 Å². The second-order valence-electron chi connectivity index (χ2n) is 6.17. The van der Waals surface area contributed by atoms with Crippen molar-refractivity contribution in [3.63, 3.8) is 0 Å². The van der Waals surface area contributed by atoms with Gasteiger partial charge in [0.1, 0.15) is 0 Å². The lowest BCUT2D eigenvalue weighted by Crippen LogP contribution is -2.33. The molecule has 1 aliphatic heterocycles. The third kappa shape index (κ3) is 3.67. The summed E-state index contributed by atoms with van der Waals surface area (Å²) in [6, 6.07) is 10.2. The normalized spacial score (nSPS) is 14.1. The first-order valence-electron chi connectivity index (χ1n) is 8.44. The van der Waals surface area contributed by atoms with Crippen molar-refractivity contribution in [2.45, 2.75) is 19.8 Å². The van der Waals surface area contributed by atoms with Crippen molar-refractivity contribution in [2.24, 2.45) is 0 Å². The predicted molar refractivity (Wildman–Crippen MR) is 99.3 cm³/mol. The molecule has 5 nitrogen and oxygen atoms in total. The summed E-state index contributed by atoms with van der Waals surface area (Å²) in [6.45, 7) is 9.02. The molecule has 0 spiro atoms. The van der Waals surface area contributed by atoms with Crippen molar-refractivity contribution < 1.29 is 0 Å². The van der Waals surface area contributed by atoms with Crippen molar-refractivity contribution in [2.75, 3.05) is 36.5 Å². The number of fused-ring (bicyclic) bond motifs is 1. The Morgan fingerprint density at radius 2 is 2.12 bits per heavy atom. The summed E-state index contributed by atoms with van der Waals surface area (Å²) in [7, 11) is 2.12. The fourth-order valence-corrected chi connectivity index (χ4v) is 2.96. The largest absolute Gasteiger partial charge is 0.372 e. The molecule has 24 heavy (non-hydrogen) atoms. The van der Waals surface area contributed by atoms with Gasteiger partial charge >= 0.3 is 0 Å². The average Bonchev–Trinajstić information content (AvgIpc) is 2.74. The lowest BCUT2D eigenvalue weighted by atomic mass is 10.2. The van der Waals surface area contributed by atoms with Crippen LogP contribution in [0.3, 0.4) is 0 Å². The maximum absolute atomic E-state index is 4.76. The van der Waals surface area contributed by atoms with Gasteiger partial charge in [0.2, 0.25) is 0 Å². The number of aromatic nitrogens is 2. The van der Waals surface area contributed by atoms with Crippen LogP contribution in [0, 0.1) is 6.92 Å². The maximum Gasteiger partial charge on any atom is 0.158 e. The number of nitrogens with one attached hydrogen (secondary N) is 1. The predicted octanol–water partition coefficient (Wildman–Crippen LogP) is 2.73. The SMILES string of the molecule is C=C(NCCc1ccccn1)N1CCCN(C)c2ccc(C)nc21. The molecule has 0 unspecified atom stereocenters. The van der Waals surface area contributed by atoms with Gasteiger partial charge in [-0.25, -0.2) is 4.98 Å². The minimum absolute atomic E-state index is 0.809. The van der Waals surface area contributed by atoms with Crippen LogP contribution in [-0.4, -0.2) is 36.6 Å². The highest BCUT2D eigenvalue weighted by Crippen LogP contribution is 2.31. The fourth-order valence-electron chi connectivity index (χ4n) is 2.96. The molecule has 126 valence electrons. The number of pyridine rings is 2. The van der Waals surface area contributed by atoms with E-state index in [4.69, 9.17) is 4.98 Å². The maximum atomic E-state index is 4.76. The summed E-state index contributed by atoms with van der Waals surface area (Å²) >= 11 is 0. The molecule has 0 amide bonds. The molecule has 2 aromatic rings. The first-order valence-corrected chi connectivity index (χ1v) is 8.44. The first kappa shape index (κ1) is 16.3. The summed E-state index contributed by atoms with van der Waals surface area (Å²) in [5, 5.41) is 3.44. The van der Waals surface area contributed by atoms with E-state index in [0.29, 0.717) is 0 Å². The van der Waals surface area contributed by atoms with Crippen LogP contribution in [0.15, 0.2) is 48.9 Å². The number of nitrogens with zero attached hydrogens (tertiary/aromatic N) is 4. The van der Waals surface area contributed by atoms with E-state index < -0.39 is 0 Å². The van der Waals surface area contributed by atoms with Gasteiger partial charge in [0.25, 0.3) is 0 Å². The second kappa shape index (κ2) is 7.34. The van der Waals surface area contributed by atoms with Gasteiger partial charge in [0.05, 0.1) is 11.5 Å². The van der Waals surface area contributed by atoms with Crippen molar-refractivity contribution >= 4 is 11.5 Å². The van der Waals surface area contributed by atoms with Crippen molar-refractivity contribution in [1.82, 2.24) is 15.3 Å². The van der Waals surface area contributed by atoms with Crippen LogP contribution in [-0.2, 0) is 6.42 Å². The molecule has 1 aliphatic rings. The smallest absolute Gasteiger partial charge is 0.158 e. The second-order valence-corrected chi connectivity index (χ2v) is 6.17. The highest BCUT2D eigenvalue weighted by Gasteiger charge is 2.21. The highest BCUT2D eigenvalue weighted by molar-refractivity contribution is 5.70. The molecule has 1 N–H and O–H groups in total. The molecule has 3 rings (SSSR count). The Hall–Kier alpha value is -2.56. The van der Waals surface area contributed by atoms with Gasteiger partial charge in [0, 0.05) is 50.7 Å². The molecule has 0 fully saturated rings. The molecule has 0 saturated heterocycles. The van der Waals surface area contributed by atoms with Crippen molar-refractivity contribution in [1.29, 1.82) is 0 Å². The Kier molecular flexibility index (Phi) is 4.99. The molecule has 0 saturated carbocycles. The average molecular weight is 323 g/mol. The minimum Gasteiger partial charge on any atom is -0.372 e. The Morgan fingerprint density at radius 3 is 2.92 bits per heavy atom. The summed E-state index contributed by atoms with van der Waals surface area (Å²) in [6.07, 6.45) is 3.78. The van der Waals surface area contributed by atoms with E-state index in [2.05, 4.69) is 45.9 Å². The summed E-state index contributed by atoms with van der Waals surface area (Å²) in [4.78, 5) is 13.6. The summed E-state index contributed by atoms with van der Waals surface area (Å²) in [5.74, 6) is 1.89. The number of anilines is 2. The van der Waals surface area contributed by atoms with E-state index in [-0.39, 0.29) is 0 Å². The van der Waals surface area contributed by atoms with Crippen LogP contribution in [0.4, 0.5) is 11.5 Å². The molecule has 5 heteroatoms. The van der Waals surface area contributed by atoms with Crippen LogP contribution in [0.2, 0.25) is 0 Å². The monoisotopic (exact) mass is 323 g/mol. The van der Waals surface area contributed by atoms with Crippen LogP contribution in [0.1, 0.15) is 17.8 Å². The molecule has 0 atom stereocenters. The quantitative estimate of drug-likeness (QED) is 0.916.